The molecule has 1 aliphatic carbocycles. The van der Waals surface area contributed by atoms with Gasteiger partial charge in [0, 0.05) is 6.42 Å². The van der Waals surface area contributed by atoms with Crippen molar-refractivity contribution in [3.63, 3.8) is 0 Å². The molecule has 0 spiro atoms. The number of amides is 2. The molecule has 5 rings (SSSR count). The Labute approximate surface area is 218 Å². The lowest BCUT2D eigenvalue weighted by atomic mass is 9.96. The molecule has 3 atom stereocenters. The number of nitrogens with zero attached hydrogens (tertiary/aromatic N) is 5. The average molecular weight is 525 g/mol. The molecule has 0 bridgehead atoms. The summed E-state index contributed by atoms with van der Waals surface area (Å²) in [5.74, 6) is 5.05. The Morgan fingerprint density at radius 2 is 1.92 bits per heavy atom. The highest BCUT2D eigenvalue weighted by atomic mass is 19.1. The molecule has 2 heterocycles. The number of nitrogens with one attached hydrogen (secondary N) is 1. The van der Waals surface area contributed by atoms with Crippen molar-refractivity contribution >= 4 is 17.6 Å². The van der Waals surface area contributed by atoms with Gasteiger partial charge in [-0.1, -0.05) is 47.7 Å². The number of hydrogen-bond donors (Lipinski definition) is 3. The first-order chi connectivity index (χ1) is 18.3. The van der Waals surface area contributed by atoms with Gasteiger partial charge in [0.25, 0.3) is 0 Å². The number of hydrazine groups is 1. The zero-order chi connectivity index (χ0) is 26.8. The molecule has 200 valence electrons. The molecule has 1 aromatic heterocycles. The number of anilines is 1. The Morgan fingerprint density at radius 1 is 1.16 bits per heavy atom. The standard InChI is InChI=1S/C26H30F2N8O2/c27-19-11-22(35(12-19)24(37)14-36(30)23-13-34(15-29)33-32-23)26(38)31-25(17-4-2-1-3-5-17)18-8-9-20(16-6-7-16)21(28)10-18/h1-5,8-10,13,16,19,22,25H,6-7,11-12,14-15,29-30H2,(H,31,38)/t19-,22+,25+/m1/s1. The SMILES string of the molecule is NCn1cc(N(N)CC(=O)N2C[C@H](F)C[C@H]2C(=O)N[C@@H](c2ccccc2)c2ccc(C3CC3)c(F)c2)nn1. The van der Waals surface area contributed by atoms with Crippen molar-refractivity contribution < 1.29 is 18.4 Å². The maximum Gasteiger partial charge on any atom is 0.244 e. The second kappa shape index (κ2) is 10.8. The Morgan fingerprint density at radius 3 is 2.58 bits per heavy atom. The summed E-state index contributed by atoms with van der Waals surface area (Å²) in [6.45, 7) is -0.487. The van der Waals surface area contributed by atoms with E-state index in [9.17, 15) is 18.4 Å². The number of halogens is 2. The van der Waals surface area contributed by atoms with Gasteiger partial charge in [-0.3, -0.25) is 14.6 Å². The summed E-state index contributed by atoms with van der Waals surface area (Å²) in [5, 5.41) is 11.6. The third-order valence-electron chi connectivity index (χ3n) is 6.98. The van der Waals surface area contributed by atoms with E-state index in [1.165, 1.54) is 21.8 Å². The summed E-state index contributed by atoms with van der Waals surface area (Å²) in [4.78, 5) is 27.7. The monoisotopic (exact) mass is 524 g/mol. The van der Waals surface area contributed by atoms with Crippen molar-refractivity contribution in [2.75, 3.05) is 18.1 Å². The molecule has 12 heteroatoms. The van der Waals surface area contributed by atoms with Gasteiger partial charge in [-0.05, 0) is 41.5 Å². The van der Waals surface area contributed by atoms with E-state index >= 15 is 0 Å². The Kier molecular flexibility index (Phi) is 7.34. The van der Waals surface area contributed by atoms with Gasteiger partial charge in [0.1, 0.15) is 24.6 Å². The number of carbonyl (C=O) groups excluding carboxylic acids is 2. The number of aromatic nitrogens is 3. The fourth-order valence-electron chi connectivity index (χ4n) is 4.83. The van der Waals surface area contributed by atoms with Crippen molar-refractivity contribution in [2.24, 2.45) is 11.6 Å². The van der Waals surface area contributed by atoms with E-state index < -0.39 is 30.1 Å². The summed E-state index contributed by atoms with van der Waals surface area (Å²) in [7, 11) is 0. The van der Waals surface area contributed by atoms with Gasteiger partial charge in [-0.2, -0.15) is 0 Å². The van der Waals surface area contributed by atoms with Crippen molar-refractivity contribution in [2.45, 2.75) is 50.1 Å². The molecule has 0 radical (unpaired) electrons. The topological polar surface area (TPSA) is 135 Å². The van der Waals surface area contributed by atoms with E-state index in [-0.39, 0.29) is 43.7 Å². The van der Waals surface area contributed by atoms with Crippen LogP contribution in [-0.2, 0) is 16.3 Å². The number of alkyl halides is 1. The summed E-state index contributed by atoms with van der Waals surface area (Å²) in [5.41, 5.74) is 7.49. The first-order valence-electron chi connectivity index (χ1n) is 12.5. The number of benzene rings is 2. The quantitative estimate of drug-likeness (QED) is 0.287. The van der Waals surface area contributed by atoms with Crippen LogP contribution in [0.15, 0.2) is 54.7 Å². The number of nitrogens with two attached hydrogens (primary N) is 2. The van der Waals surface area contributed by atoms with Crippen molar-refractivity contribution in [3.8, 4) is 0 Å². The van der Waals surface area contributed by atoms with Crippen LogP contribution in [-0.4, -0.2) is 57.0 Å². The molecular weight excluding hydrogens is 494 g/mol. The minimum atomic E-state index is -1.37. The van der Waals surface area contributed by atoms with Crippen LogP contribution in [0.2, 0.25) is 0 Å². The van der Waals surface area contributed by atoms with Gasteiger partial charge >= 0.3 is 0 Å². The first kappa shape index (κ1) is 25.7. The molecule has 2 fully saturated rings. The first-order valence-corrected chi connectivity index (χ1v) is 12.5. The molecule has 3 aromatic rings. The number of likely N-dealkylation sites (tertiary alicyclic amines) is 1. The Balaban J connectivity index is 1.34. The molecular formula is C26H30F2N8O2. The van der Waals surface area contributed by atoms with Crippen LogP contribution in [0.5, 0.6) is 0 Å². The predicted octanol–water partition coefficient (Wildman–Crippen LogP) is 1.74. The van der Waals surface area contributed by atoms with Crippen molar-refractivity contribution in [1.82, 2.24) is 25.2 Å². The van der Waals surface area contributed by atoms with Gasteiger partial charge in [0.15, 0.2) is 5.82 Å². The van der Waals surface area contributed by atoms with Crippen LogP contribution in [0.3, 0.4) is 0 Å². The van der Waals surface area contributed by atoms with Gasteiger partial charge in [0.05, 0.1) is 25.5 Å². The van der Waals surface area contributed by atoms with Gasteiger partial charge < -0.3 is 16.0 Å². The van der Waals surface area contributed by atoms with Crippen LogP contribution in [0, 0.1) is 5.82 Å². The highest BCUT2D eigenvalue weighted by molar-refractivity contribution is 5.90. The maximum absolute atomic E-state index is 14.9. The summed E-state index contributed by atoms with van der Waals surface area (Å²) >= 11 is 0. The Bertz CT molecular complexity index is 1300. The van der Waals surface area contributed by atoms with Crippen LogP contribution in [0.1, 0.15) is 47.9 Å². The van der Waals surface area contributed by atoms with Crippen LogP contribution in [0.25, 0.3) is 0 Å². The second-order valence-electron chi connectivity index (χ2n) is 9.73. The third-order valence-corrected chi connectivity index (χ3v) is 6.98. The van der Waals surface area contributed by atoms with E-state index in [1.54, 1.807) is 6.07 Å². The number of rotatable bonds is 9. The highest BCUT2D eigenvalue weighted by Crippen LogP contribution is 2.42. The molecule has 1 saturated carbocycles. The molecule has 2 aromatic carbocycles. The Hall–Kier alpha value is -3.90. The molecule has 2 amide bonds. The molecule has 5 N–H and O–H groups in total. The average Bonchev–Trinajstić information content (AvgIpc) is 3.49. The molecule has 38 heavy (non-hydrogen) atoms. The lowest BCUT2D eigenvalue weighted by Crippen LogP contribution is -2.51. The third kappa shape index (κ3) is 5.50. The fraction of sp³-hybridized carbons (Fsp3) is 0.385. The normalized spacial score (nSPS) is 19.8. The minimum absolute atomic E-state index is 0.0858. The minimum Gasteiger partial charge on any atom is -0.343 e. The molecule has 1 saturated heterocycles. The molecule has 2 aliphatic rings. The summed E-state index contributed by atoms with van der Waals surface area (Å²) in [6.07, 6.45) is 1.89. The molecule has 10 nitrogen and oxygen atoms in total. The van der Waals surface area contributed by atoms with E-state index in [0.717, 1.165) is 23.4 Å². The van der Waals surface area contributed by atoms with Gasteiger partial charge in [-0.25, -0.2) is 19.3 Å². The molecule has 1 aliphatic heterocycles. The molecule has 0 unspecified atom stereocenters. The van der Waals surface area contributed by atoms with Crippen LogP contribution < -0.4 is 21.9 Å². The van der Waals surface area contributed by atoms with E-state index in [0.29, 0.717) is 11.1 Å². The van der Waals surface area contributed by atoms with Gasteiger partial charge in [0.2, 0.25) is 11.8 Å². The van der Waals surface area contributed by atoms with E-state index in [4.69, 9.17) is 11.6 Å². The lowest BCUT2D eigenvalue weighted by molar-refractivity contribution is -0.137. The smallest absolute Gasteiger partial charge is 0.244 e. The summed E-state index contributed by atoms with van der Waals surface area (Å²) in [6, 6.07) is 12.4. The lowest BCUT2D eigenvalue weighted by Gasteiger charge is -2.28. The van der Waals surface area contributed by atoms with Crippen molar-refractivity contribution in [1.29, 1.82) is 0 Å². The van der Waals surface area contributed by atoms with E-state index in [2.05, 4.69) is 15.6 Å². The number of carbonyl (C=O) groups is 2. The van der Waals surface area contributed by atoms with Crippen LogP contribution >= 0.6 is 0 Å². The fourth-order valence-corrected chi connectivity index (χ4v) is 4.83. The largest absolute Gasteiger partial charge is 0.343 e. The zero-order valence-electron chi connectivity index (χ0n) is 20.7. The van der Waals surface area contributed by atoms with E-state index in [1.807, 2.05) is 36.4 Å². The van der Waals surface area contributed by atoms with Crippen LogP contribution in [0.4, 0.5) is 14.6 Å². The van der Waals surface area contributed by atoms with Gasteiger partial charge in [-0.15, -0.1) is 5.10 Å². The summed E-state index contributed by atoms with van der Waals surface area (Å²) < 4.78 is 30.8. The van der Waals surface area contributed by atoms with Crippen molar-refractivity contribution in [3.05, 3.63) is 77.2 Å². The zero-order valence-corrected chi connectivity index (χ0v) is 20.7. The maximum atomic E-state index is 14.9. The number of hydrogen-bond acceptors (Lipinski definition) is 7. The highest BCUT2D eigenvalue weighted by Gasteiger charge is 2.41. The predicted molar refractivity (Wildman–Crippen MR) is 136 cm³/mol. The second-order valence-corrected chi connectivity index (χ2v) is 9.73.